The van der Waals surface area contributed by atoms with E-state index in [9.17, 15) is 35.8 Å². The molecule has 3 aromatic rings. The number of rotatable bonds is 11. The van der Waals surface area contributed by atoms with Crippen molar-refractivity contribution in [3.63, 3.8) is 0 Å². The molecule has 0 saturated heterocycles. The van der Waals surface area contributed by atoms with Crippen LogP contribution in [0.25, 0.3) is 10.8 Å². The monoisotopic (exact) mass is 735 g/mol. The summed E-state index contributed by atoms with van der Waals surface area (Å²) in [6.07, 6.45) is 4.56. The number of allylic oxidation sites excluding steroid dienone is 1. The maximum Gasteiger partial charge on any atom is 0.303 e. The molecule has 0 aliphatic carbocycles. The van der Waals surface area contributed by atoms with Gasteiger partial charge in [0, 0.05) is 40.8 Å². The molecule has 3 aliphatic rings. The fourth-order valence-electron chi connectivity index (χ4n) is 8.54. The van der Waals surface area contributed by atoms with E-state index >= 15 is 0 Å². The summed E-state index contributed by atoms with van der Waals surface area (Å²) >= 11 is 0. The summed E-state index contributed by atoms with van der Waals surface area (Å²) in [6, 6.07) is 13.0. The summed E-state index contributed by atoms with van der Waals surface area (Å²) < 4.78 is 75.0. The predicted molar refractivity (Wildman–Crippen MR) is 196 cm³/mol. The molecule has 6 rings (SSSR count). The first-order valence-electron chi connectivity index (χ1n) is 17.2. The molecule has 3 heterocycles. The van der Waals surface area contributed by atoms with E-state index in [2.05, 4.69) is 38.3 Å². The molecule has 0 fully saturated rings. The molecule has 12 heteroatoms. The third-order valence-corrected chi connectivity index (χ3v) is 12.7. The van der Waals surface area contributed by atoms with Crippen LogP contribution in [0.2, 0.25) is 0 Å². The van der Waals surface area contributed by atoms with E-state index in [1.54, 1.807) is 12.1 Å². The Bertz CT molecular complexity index is 2250. The molecule has 51 heavy (non-hydrogen) atoms. The van der Waals surface area contributed by atoms with Crippen LogP contribution in [0.3, 0.4) is 0 Å². The molecule has 3 atom stereocenters. The van der Waals surface area contributed by atoms with Gasteiger partial charge in [-0.15, -0.1) is 0 Å². The maximum atomic E-state index is 12.3. The Morgan fingerprint density at radius 1 is 1.04 bits per heavy atom. The fraction of sp³-hybridized carbons (Fsp3) is 0.410. The lowest BCUT2D eigenvalue weighted by atomic mass is 9.67. The van der Waals surface area contributed by atoms with Crippen molar-refractivity contribution in [2.75, 3.05) is 11.4 Å². The van der Waals surface area contributed by atoms with Gasteiger partial charge in [0.2, 0.25) is 0 Å². The van der Waals surface area contributed by atoms with Crippen LogP contribution in [0.1, 0.15) is 82.9 Å². The summed E-state index contributed by atoms with van der Waals surface area (Å²) in [5.74, 6) is -0.933. The molecule has 272 valence electrons. The molecule has 3 N–H and O–H groups in total. The lowest BCUT2D eigenvalue weighted by Crippen LogP contribution is -2.43. The first kappa shape index (κ1) is 37.0. The van der Waals surface area contributed by atoms with Gasteiger partial charge in [0.25, 0.3) is 20.2 Å². The smallest absolute Gasteiger partial charge is 0.303 e. The Hall–Kier alpha value is -3.81. The van der Waals surface area contributed by atoms with Gasteiger partial charge in [0.05, 0.1) is 22.0 Å². The van der Waals surface area contributed by atoms with Crippen molar-refractivity contribution in [3.05, 3.63) is 100 Å². The predicted octanol–water partition coefficient (Wildman–Crippen LogP) is 7.66. The summed E-state index contributed by atoms with van der Waals surface area (Å²) in [5, 5.41) is 11.1. The standard InChI is InChI=1S/C39H45NO9S2/c1-7-9-33-29(24(3)39(6,18-8-10-35(41)42)31-21-27(51(46,47)48)13-11-23(31)2)22-30-34(49-33)17-19-40-32-16-12-25-20-26(50(43,44)45)14-15-28(25)36(32)38(4,5)37(30)40/h11-16,20-22,33-34H,3,7-10,17-19H2,1-2,4-6H3,(H,41,42)(H,43,44,45)(H,46,47,48). The first-order chi connectivity index (χ1) is 23.8. The molecule has 3 aliphatic heterocycles. The molecule has 0 radical (unpaired) electrons. The van der Waals surface area contributed by atoms with Crippen molar-refractivity contribution in [1.29, 1.82) is 0 Å². The van der Waals surface area contributed by atoms with Crippen LogP contribution in [0, 0.1) is 6.92 Å². The molecule has 10 nitrogen and oxygen atoms in total. The molecular weight excluding hydrogens is 691 g/mol. The summed E-state index contributed by atoms with van der Waals surface area (Å²) in [7, 11) is -8.89. The van der Waals surface area contributed by atoms with E-state index in [0.29, 0.717) is 42.3 Å². The number of anilines is 1. The number of hydrogen-bond donors (Lipinski definition) is 3. The van der Waals surface area contributed by atoms with Crippen molar-refractivity contribution in [1.82, 2.24) is 0 Å². The van der Waals surface area contributed by atoms with Gasteiger partial charge in [-0.1, -0.05) is 58.9 Å². The zero-order valence-electron chi connectivity index (χ0n) is 29.6. The normalized spacial score (nSPS) is 21.1. The second-order valence-corrected chi connectivity index (χ2v) is 17.5. The van der Waals surface area contributed by atoms with Gasteiger partial charge >= 0.3 is 5.97 Å². The van der Waals surface area contributed by atoms with Gasteiger partial charge in [-0.05, 0) is 108 Å². The zero-order chi connectivity index (χ0) is 37.3. The highest BCUT2D eigenvalue weighted by atomic mass is 32.2. The Morgan fingerprint density at radius 2 is 1.71 bits per heavy atom. The SMILES string of the molecule is C=C(C1=CC2=C3N(CCC2OC1CCC)c1ccc2cc(S(=O)(=O)O)ccc2c1C3(C)C)C(C)(CCCC(=O)O)c1cc(S(=O)(=O)O)ccc1C. The van der Waals surface area contributed by atoms with Crippen LogP contribution in [0.15, 0.2) is 93.4 Å². The topological polar surface area (TPSA) is 159 Å². The van der Waals surface area contributed by atoms with Crippen molar-refractivity contribution in [2.24, 2.45) is 0 Å². The van der Waals surface area contributed by atoms with Gasteiger partial charge in [0.15, 0.2) is 0 Å². The van der Waals surface area contributed by atoms with E-state index in [1.807, 2.05) is 26.0 Å². The molecule has 3 unspecified atom stereocenters. The van der Waals surface area contributed by atoms with Gasteiger partial charge in [-0.2, -0.15) is 16.8 Å². The molecule has 0 bridgehead atoms. The Balaban J connectivity index is 1.54. The minimum absolute atomic E-state index is 0.0771. The number of ether oxygens (including phenoxy) is 1. The number of carboxylic acid groups (broad SMARTS) is 1. The average Bonchev–Trinajstić information content (AvgIpc) is 3.29. The number of carbonyl (C=O) groups is 1. The van der Waals surface area contributed by atoms with Crippen LogP contribution in [-0.4, -0.2) is 55.8 Å². The van der Waals surface area contributed by atoms with Crippen molar-refractivity contribution < 1.29 is 40.6 Å². The highest BCUT2D eigenvalue weighted by Gasteiger charge is 2.48. The van der Waals surface area contributed by atoms with E-state index < -0.39 is 37.0 Å². The Labute approximate surface area is 300 Å². The maximum absolute atomic E-state index is 12.3. The molecule has 0 saturated carbocycles. The van der Waals surface area contributed by atoms with Crippen LogP contribution in [0.5, 0.6) is 0 Å². The van der Waals surface area contributed by atoms with Crippen molar-refractivity contribution >= 4 is 42.7 Å². The lowest BCUT2D eigenvalue weighted by molar-refractivity contribution is -0.137. The second-order valence-electron chi connectivity index (χ2n) is 14.7. The molecule has 0 amide bonds. The van der Waals surface area contributed by atoms with E-state index in [-0.39, 0.29) is 28.4 Å². The Kier molecular flexibility index (Phi) is 9.42. The van der Waals surface area contributed by atoms with Crippen molar-refractivity contribution in [3.8, 4) is 0 Å². The number of aliphatic carboxylic acids is 1. The molecular formula is C39H45NO9S2. The number of aryl methyl sites for hydroxylation is 1. The third kappa shape index (κ3) is 6.46. The molecule has 0 aromatic heterocycles. The summed E-state index contributed by atoms with van der Waals surface area (Å²) in [6.45, 7) is 15.6. The van der Waals surface area contributed by atoms with Gasteiger partial charge < -0.3 is 14.7 Å². The van der Waals surface area contributed by atoms with Gasteiger partial charge in [-0.25, -0.2) is 0 Å². The van der Waals surface area contributed by atoms with E-state index in [1.165, 1.54) is 24.3 Å². The highest BCUT2D eigenvalue weighted by Crippen LogP contribution is 2.56. The highest BCUT2D eigenvalue weighted by molar-refractivity contribution is 7.86. The van der Waals surface area contributed by atoms with Crippen LogP contribution >= 0.6 is 0 Å². The van der Waals surface area contributed by atoms with Crippen LogP contribution < -0.4 is 4.90 Å². The molecule has 3 aromatic carbocycles. The average molecular weight is 736 g/mol. The van der Waals surface area contributed by atoms with E-state index in [0.717, 1.165) is 51.9 Å². The number of carboxylic acids is 1. The lowest BCUT2D eigenvalue weighted by Gasteiger charge is -2.44. The summed E-state index contributed by atoms with van der Waals surface area (Å²) in [4.78, 5) is 13.5. The zero-order valence-corrected chi connectivity index (χ0v) is 31.2. The van der Waals surface area contributed by atoms with Gasteiger partial charge in [0.1, 0.15) is 0 Å². The van der Waals surface area contributed by atoms with Crippen molar-refractivity contribution in [2.45, 2.75) is 106 Å². The fourth-order valence-corrected chi connectivity index (χ4v) is 9.56. The minimum atomic E-state index is -4.51. The van der Waals surface area contributed by atoms with Crippen LogP contribution in [-0.2, 0) is 40.6 Å². The number of nitrogens with zero attached hydrogens (tertiary/aromatic N) is 1. The minimum Gasteiger partial charge on any atom is -0.481 e. The first-order valence-corrected chi connectivity index (χ1v) is 20.1. The quantitative estimate of drug-likeness (QED) is 0.167. The third-order valence-electron chi connectivity index (χ3n) is 11.0. The summed E-state index contributed by atoms with van der Waals surface area (Å²) in [5.41, 5.74) is 5.68. The Morgan fingerprint density at radius 3 is 2.35 bits per heavy atom. The molecule has 0 spiro atoms. The number of fused-ring (bicyclic) bond motifs is 6. The number of hydrogen-bond acceptors (Lipinski definition) is 7. The number of benzene rings is 3. The van der Waals surface area contributed by atoms with Gasteiger partial charge in [-0.3, -0.25) is 13.9 Å². The van der Waals surface area contributed by atoms with E-state index in [4.69, 9.17) is 4.74 Å². The van der Waals surface area contributed by atoms with Crippen LogP contribution in [0.4, 0.5) is 5.69 Å². The second kappa shape index (κ2) is 13.0. The largest absolute Gasteiger partial charge is 0.481 e.